The number of fused-ring (bicyclic) bond motifs is 2. The second-order valence-corrected chi connectivity index (χ2v) is 8.68. The number of likely N-dealkylation sites (N-methyl/N-ethyl adjacent to an activating group) is 1. The zero-order chi connectivity index (χ0) is 16.4. The molecular weight excluding hydrogens is 284 g/mol. The number of likely N-dealkylation sites (tertiary alicyclic amines) is 1. The molecule has 0 aromatic heterocycles. The Labute approximate surface area is 143 Å². The Balaban J connectivity index is 1.45. The summed E-state index contributed by atoms with van der Waals surface area (Å²) in [6.45, 7) is 18.0. The SMILES string of the molecule is CCN1CCN(CC2CC3CC2CN3CC(C)(CC)CN)CC1. The van der Waals surface area contributed by atoms with Crippen LogP contribution in [-0.4, -0.2) is 79.6 Å². The Morgan fingerprint density at radius 1 is 1.04 bits per heavy atom. The van der Waals surface area contributed by atoms with Crippen LogP contribution < -0.4 is 5.73 Å². The first-order valence-electron chi connectivity index (χ1n) is 9.95. The van der Waals surface area contributed by atoms with Crippen LogP contribution in [0.5, 0.6) is 0 Å². The minimum absolute atomic E-state index is 0.316. The highest BCUT2D eigenvalue weighted by Crippen LogP contribution is 2.43. The highest BCUT2D eigenvalue weighted by atomic mass is 15.3. The quantitative estimate of drug-likeness (QED) is 0.774. The third kappa shape index (κ3) is 3.92. The molecule has 4 nitrogen and oxygen atoms in total. The fraction of sp³-hybridized carbons (Fsp3) is 1.00. The summed E-state index contributed by atoms with van der Waals surface area (Å²) in [7, 11) is 0. The van der Waals surface area contributed by atoms with Gasteiger partial charge < -0.3 is 15.5 Å². The molecule has 0 aromatic rings. The third-order valence-corrected chi connectivity index (χ3v) is 7.14. The molecule has 0 amide bonds. The minimum Gasteiger partial charge on any atom is -0.330 e. The second kappa shape index (κ2) is 7.38. The van der Waals surface area contributed by atoms with Crippen molar-refractivity contribution in [2.75, 3.05) is 58.9 Å². The van der Waals surface area contributed by atoms with E-state index in [-0.39, 0.29) is 0 Å². The predicted octanol–water partition coefficient (Wildman–Crippen LogP) is 1.71. The van der Waals surface area contributed by atoms with Gasteiger partial charge in [-0.05, 0) is 49.6 Å². The Kier molecular flexibility index (Phi) is 5.67. The molecule has 1 aliphatic carbocycles. The van der Waals surface area contributed by atoms with Crippen LogP contribution in [0.4, 0.5) is 0 Å². The molecule has 0 spiro atoms. The molecule has 3 rings (SSSR count). The molecule has 2 aliphatic heterocycles. The van der Waals surface area contributed by atoms with Crippen molar-refractivity contribution in [2.24, 2.45) is 23.0 Å². The topological polar surface area (TPSA) is 35.7 Å². The van der Waals surface area contributed by atoms with Crippen molar-refractivity contribution in [3.05, 3.63) is 0 Å². The summed E-state index contributed by atoms with van der Waals surface area (Å²) in [5.74, 6) is 1.90. The molecule has 23 heavy (non-hydrogen) atoms. The molecule has 1 saturated carbocycles. The predicted molar refractivity (Wildman–Crippen MR) is 97.6 cm³/mol. The molecule has 4 unspecified atom stereocenters. The summed E-state index contributed by atoms with van der Waals surface area (Å²) in [5.41, 5.74) is 6.35. The number of piperidine rings is 1. The van der Waals surface area contributed by atoms with Gasteiger partial charge in [0.25, 0.3) is 0 Å². The van der Waals surface area contributed by atoms with E-state index in [0.717, 1.165) is 24.4 Å². The van der Waals surface area contributed by atoms with Crippen molar-refractivity contribution in [1.82, 2.24) is 14.7 Å². The van der Waals surface area contributed by atoms with Gasteiger partial charge in [0.1, 0.15) is 0 Å². The number of piperazine rings is 1. The van der Waals surface area contributed by atoms with E-state index < -0.39 is 0 Å². The number of hydrogen-bond donors (Lipinski definition) is 1. The van der Waals surface area contributed by atoms with Gasteiger partial charge in [0.15, 0.2) is 0 Å². The average Bonchev–Trinajstić information content (AvgIpc) is 3.15. The van der Waals surface area contributed by atoms with Gasteiger partial charge in [-0.3, -0.25) is 4.90 Å². The Hall–Kier alpha value is -0.160. The highest BCUT2D eigenvalue weighted by molar-refractivity contribution is 5.00. The van der Waals surface area contributed by atoms with Crippen molar-refractivity contribution < 1.29 is 0 Å². The van der Waals surface area contributed by atoms with E-state index in [9.17, 15) is 0 Å². The van der Waals surface area contributed by atoms with Crippen LogP contribution in [-0.2, 0) is 0 Å². The number of hydrogen-bond acceptors (Lipinski definition) is 4. The summed E-state index contributed by atoms with van der Waals surface area (Å²) in [6, 6.07) is 0.847. The summed E-state index contributed by atoms with van der Waals surface area (Å²) in [6.07, 6.45) is 4.08. The monoisotopic (exact) mass is 322 g/mol. The standard InChI is InChI=1S/C19H38N4/c1-4-19(3,14-20)15-23-13-17-11-18(23)10-16(17)12-22-8-6-21(5-2)7-9-22/h16-18H,4-15,20H2,1-3H3. The number of nitrogens with zero attached hydrogens (tertiary/aromatic N) is 3. The van der Waals surface area contributed by atoms with E-state index in [4.69, 9.17) is 5.73 Å². The number of rotatable bonds is 7. The van der Waals surface area contributed by atoms with Gasteiger partial charge in [-0.2, -0.15) is 0 Å². The average molecular weight is 323 g/mol. The smallest absolute Gasteiger partial charge is 0.0110 e. The van der Waals surface area contributed by atoms with Crippen LogP contribution in [0.15, 0.2) is 0 Å². The molecule has 3 aliphatic rings. The summed E-state index contributed by atoms with van der Waals surface area (Å²) < 4.78 is 0. The lowest BCUT2D eigenvalue weighted by molar-refractivity contribution is 0.0779. The largest absolute Gasteiger partial charge is 0.330 e. The summed E-state index contributed by atoms with van der Waals surface area (Å²) in [5, 5.41) is 0. The van der Waals surface area contributed by atoms with Crippen LogP contribution in [0.2, 0.25) is 0 Å². The maximum absolute atomic E-state index is 6.03. The van der Waals surface area contributed by atoms with Gasteiger partial charge in [0.2, 0.25) is 0 Å². The van der Waals surface area contributed by atoms with Gasteiger partial charge in [0.05, 0.1) is 0 Å². The maximum atomic E-state index is 6.03. The van der Waals surface area contributed by atoms with Crippen LogP contribution >= 0.6 is 0 Å². The first kappa shape index (κ1) is 17.7. The van der Waals surface area contributed by atoms with Crippen molar-refractivity contribution in [3.8, 4) is 0 Å². The maximum Gasteiger partial charge on any atom is 0.0110 e. The summed E-state index contributed by atoms with van der Waals surface area (Å²) >= 11 is 0. The van der Waals surface area contributed by atoms with Crippen molar-refractivity contribution in [1.29, 1.82) is 0 Å². The van der Waals surface area contributed by atoms with Crippen LogP contribution in [0, 0.1) is 17.3 Å². The summed E-state index contributed by atoms with van der Waals surface area (Å²) in [4.78, 5) is 8.09. The molecule has 2 bridgehead atoms. The molecule has 2 saturated heterocycles. The van der Waals surface area contributed by atoms with E-state index in [0.29, 0.717) is 5.41 Å². The minimum atomic E-state index is 0.316. The van der Waals surface area contributed by atoms with Gasteiger partial charge in [-0.15, -0.1) is 0 Å². The molecule has 0 aromatic carbocycles. The van der Waals surface area contributed by atoms with Crippen LogP contribution in [0.3, 0.4) is 0 Å². The molecule has 3 fully saturated rings. The van der Waals surface area contributed by atoms with Gasteiger partial charge in [-0.25, -0.2) is 0 Å². The lowest BCUT2D eigenvalue weighted by Crippen LogP contribution is -2.49. The van der Waals surface area contributed by atoms with Crippen LogP contribution in [0.1, 0.15) is 40.0 Å². The van der Waals surface area contributed by atoms with Gasteiger partial charge in [0, 0.05) is 51.9 Å². The zero-order valence-electron chi connectivity index (χ0n) is 15.6. The fourth-order valence-electron chi connectivity index (χ4n) is 5.00. The van der Waals surface area contributed by atoms with E-state index in [1.54, 1.807) is 0 Å². The Morgan fingerprint density at radius 2 is 1.74 bits per heavy atom. The second-order valence-electron chi connectivity index (χ2n) is 8.68. The van der Waals surface area contributed by atoms with E-state index in [1.165, 1.54) is 71.6 Å². The lowest BCUT2D eigenvalue weighted by Gasteiger charge is -2.40. The normalized spacial score (nSPS) is 35.7. The van der Waals surface area contributed by atoms with Crippen molar-refractivity contribution >= 4 is 0 Å². The van der Waals surface area contributed by atoms with Gasteiger partial charge in [-0.1, -0.05) is 20.8 Å². The van der Waals surface area contributed by atoms with Crippen molar-refractivity contribution in [2.45, 2.75) is 46.1 Å². The Morgan fingerprint density at radius 3 is 2.26 bits per heavy atom. The first-order chi connectivity index (χ1) is 11.1. The number of nitrogens with two attached hydrogens (primary N) is 1. The van der Waals surface area contributed by atoms with Crippen LogP contribution in [0.25, 0.3) is 0 Å². The van der Waals surface area contributed by atoms with E-state index in [2.05, 4.69) is 35.5 Å². The molecule has 134 valence electrons. The van der Waals surface area contributed by atoms with Gasteiger partial charge >= 0.3 is 0 Å². The molecule has 4 heteroatoms. The third-order valence-electron chi connectivity index (χ3n) is 7.14. The first-order valence-corrected chi connectivity index (χ1v) is 9.95. The molecular formula is C19H38N4. The zero-order valence-corrected chi connectivity index (χ0v) is 15.6. The van der Waals surface area contributed by atoms with E-state index in [1.807, 2.05) is 0 Å². The van der Waals surface area contributed by atoms with E-state index >= 15 is 0 Å². The molecule has 2 heterocycles. The highest BCUT2D eigenvalue weighted by Gasteiger charge is 2.46. The fourth-order valence-corrected chi connectivity index (χ4v) is 5.00. The lowest BCUT2D eigenvalue weighted by atomic mass is 9.85. The molecule has 0 radical (unpaired) electrons. The van der Waals surface area contributed by atoms with Crippen molar-refractivity contribution in [3.63, 3.8) is 0 Å². The Bertz CT molecular complexity index is 374. The molecule has 4 atom stereocenters. The molecule has 2 N–H and O–H groups in total.